The van der Waals surface area contributed by atoms with Crippen molar-refractivity contribution in [2.75, 3.05) is 5.32 Å². The van der Waals surface area contributed by atoms with Gasteiger partial charge in [-0.2, -0.15) is 0 Å². The van der Waals surface area contributed by atoms with Gasteiger partial charge in [-0.1, -0.05) is 19.4 Å². The van der Waals surface area contributed by atoms with E-state index in [2.05, 4.69) is 17.2 Å². The lowest BCUT2D eigenvalue weighted by Crippen LogP contribution is -2.12. The first-order valence-electron chi connectivity index (χ1n) is 7.42. The maximum Gasteiger partial charge on any atom is 0.267 e. The van der Waals surface area contributed by atoms with Crippen LogP contribution >= 0.6 is 11.3 Å². The van der Waals surface area contributed by atoms with Gasteiger partial charge in [0.05, 0.1) is 16.4 Å². The van der Waals surface area contributed by atoms with Crippen molar-refractivity contribution in [1.29, 1.82) is 0 Å². The standard InChI is InChI=1S/C17H19N3OS/c1-4-6-14-16(22-11(2)18-14)17(21)19-13-7-5-8-15-12(13)9-10-20(15)3/h5,7-10H,4,6H2,1-3H3,(H,19,21). The molecule has 0 spiro atoms. The Morgan fingerprint density at radius 1 is 1.36 bits per heavy atom. The second-order valence-corrected chi connectivity index (χ2v) is 6.58. The number of benzene rings is 1. The summed E-state index contributed by atoms with van der Waals surface area (Å²) >= 11 is 1.46. The average Bonchev–Trinajstić information content (AvgIpc) is 3.04. The van der Waals surface area contributed by atoms with Gasteiger partial charge in [0.2, 0.25) is 0 Å². The number of thiazole rings is 1. The highest BCUT2D eigenvalue weighted by molar-refractivity contribution is 7.13. The van der Waals surface area contributed by atoms with Crippen LogP contribution in [0, 0.1) is 6.92 Å². The second-order valence-electron chi connectivity index (χ2n) is 5.38. The molecule has 2 aromatic heterocycles. The van der Waals surface area contributed by atoms with E-state index in [4.69, 9.17) is 0 Å². The van der Waals surface area contributed by atoms with Crippen LogP contribution in [0.3, 0.4) is 0 Å². The van der Waals surface area contributed by atoms with E-state index in [0.29, 0.717) is 0 Å². The lowest BCUT2D eigenvalue weighted by Gasteiger charge is -2.07. The summed E-state index contributed by atoms with van der Waals surface area (Å²) in [5.41, 5.74) is 2.85. The molecule has 0 aliphatic rings. The molecule has 114 valence electrons. The molecule has 0 saturated heterocycles. The predicted molar refractivity (Wildman–Crippen MR) is 91.7 cm³/mol. The van der Waals surface area contributed by atoms with Crippen LogP contribution in [0.4, 0.5) is 5.69 Å². The number of aromatic nitrogens is 2. The zero-order valence-corrected chi connectivity index (χ0v) is 13.8. The zero-order valence-electron chi connectivity index (χ0n) is 13.0. The van der Waals surface area contributed by atoms with Crippen LogP contribution in [-0.4, -0.2) is 15.5 Å². The minimum Gasteiger partial charge on any atom is -0.350 e. The first kappa shape index (κ1) is 14.8. The first-order valence-corrected chi connectivity index (χ1v) is 8.23. The molecule has 0 saturated carbocycles. The molecule has 0 unspecified atom stereocenters. The predicted octanol–water partition coefficient (Wildman–Crippen LogP) is 4.15. The summed E-state index contributed by atoms with van der Waals surface area (Å²) in [5, 5.41) is 5.03. The fraction of sp³-hybridized carbons (Fsp3) is 0.294. The maximum atomic E-state index is 12.6. The normalized spacial score (nSPS) is 11.0. The van der Waals surface area contributed by atoms with Crippen molar-refractivity contribution in [3.8, 4) is 0 Å². The summed E-state index contributed by atoms with van der Waals surface area (Å²) in [6, 6.07) is 7.97. The minimum atomic E-state index is -0.0644. The van der Waals surface area contributed by atoms with Gasteiger partial charge in [0, 0.05) is 24.1 Å². The van der Waals surface area contributed by atoms with E-state index >= 15 is 0 Å². The number of rotatable bonds is 4. The summed E-state index contributed by atoms with van der Waals surface area (Å²) in [4.78, 5) is 17.8. The SMILES string of the molecule is CCCc1nc(C)sc1C(=O)Nc1cccc2c1ccn2C. The molecule has 0 atom stereocenters. The first-order chi connectivity index (χ1) is 10.6. The van der Waals surface area contributed by atoms with Gasteiger partial charge < -0.3 is 9.88 Å². The van der Waals surface area contributed by atoms with Crippen molar-refractivity contribution in [1.82, 2.24) is 9.55 Å². The molecule has 0 aliphatic carbocycles. The molecule has 2 heterocycles. The summed E-state index contributed by atoms with van der Waals surface area (Å²) < 4.78 is 2.05. The van der Waals surface area contributed by atoms with Crippen molar-refractivity contribution in [3.63, 3.8) is 0 Å². The fourth-order valence-corrected chi connectivity index (χ4v) is 3.50. The Hall–Kier alpha value is -2.14. The van der Waals surface area contributed by atoms with E-state index in [-0.39, 0.29) is 5.91 Å². The number of hydrogen-bond acceptors (Lipinski definition) is 3. The number of nitrogens with one attached hydrogen (secondary N) is 1. The quantitative estimate of drug-likeness (QED) is 0.786. The molecule has 1 aromatic carbocycles. The molecular formula is C17H19N3OS. The Morgan fingerprint density at radius 2 is 2.18 bits per heavy atom. The van der Waals surface area contributed by atoms with E-state index in [1.54, 1.807) is 0 Å². The monoisotopic (exact) mass is 313 g/mol. The van der Waals surface area contributed by atoms with Crippen LogP contribution in [0.15, 0.2) is 30.5 Å². The summed E-state index contributed by atoms with van der Waals surface area (Å²) in [6.07, 6.45) is 3.82. The Labute approximate surface area is 133 Å². The highest BCUT2D eigenvalue weighted by atomic mass is 32.1. The van der Waals surface area contributed by atoms with Gasteiger partial charge in [0.1, 0.15) is 4.88 Å². The Kier molecular flexibility index (Phi) is 3.98. The number of amides is 1. The van der Waals surface area contributed by atoms with Gasteiger partial charge >= 0.3 is 0 Å². The second kappa shape index (κ2) is 5.93. The molecule has 5 heteroatoms. The molecule has 0 aliphatic heterocycles. The Bertz CT molecular complexity index is 832. The van der Waals surface area contributed by atoms with Crippen molar-refractivity contribution < 1.29 is 4.79 Å². The number of hydrogen-bond donors (Lipinski definition) is 1. The molecule has 1 N–H and O–H groups in total. The minimum absolute atomic E-state index is 0.0644. The van der Waals surface area contributed by atoms with E-state index in [1.165, 1.54) is 11.3 Å². The van der Waals surface area contributed by atoms with Crippen LogP contribution in [-0.2, 0) is 13.5 Å². The highest BCUT2D eigenvalue weighted by Gasteiger charge is 2.17. The molecule has 3 aromatic rings. The summed E-state index contributed by atoms with van der Waals surface area (Å²) in [5.74, 6) is -0.0644. The summed E-state index contributed by atoms with van der Waals surface area (Å²) in [6.45, 7) is 4.04. The van der Waals surface area contributed by atoms with Gasteiger partial charge in [-0.25, -0.2) is 4.98 Å². The zero-order chi connectivity index (χ0) is 15.7. The third-order valence-corrected chi connectivity index (χ3v) is 4.69. The maximum absolute atomic E-state index is 12.6. The van der Waals surface area contributed by atoms with Crippen molar-refractivity contribution in [3.05, 3.63) is 46.0 Å². The van der Waals surface area contributed by atoms with Gasteiger partial charge in [0.15, 0.2) is 0 Å². The van der Waals surface area contributed by atoms with E-state index in [9.17, 15) is 4.79 Å². The average molecular weight is 313 g/mol. The number of carbonyl (C=O) groups is 1. The molecule has 0 fully saturated rings. The number of fused-ring (bicyclic) bond motifs is 1. The van der Waals surface area contributed by atoms with Crippen molar-refractivity contribution >= 4 is 33.8 Å². The van der Waals surface area contributed by atoms with Crippen LogP contribution in [0.2, 0.25) is 0 Å². The van der Waals surface area contributed by atoms with E-state index < -0.39 is 0 Å². The van der Waals surface area contributed by atoms with Gasteiger partial charge in [-0.05, 0) is 31.5 Å². The number of nitrogens with zero attached hydrogens (tertiary/aromatic N) is 2. The third kappa shape index (κ3) is 2.64. The molecule has 3 rings (SSSR count). The Balaban J connectivity index is 1.93. The van der Waals surface area contributed by atoms with Crippen molar-refractivity contribution in [2.24, 2.45) is 7.05 Å². The topological polar surface area (TPSA) is 46.9 Å². The van der Waals surface area contributed by atoms with Crippen LogP contribution in [0.1, 0.15) is 33.7 Å². The van der Waals surface area contributed by atoms with E-state index in [1.807, 2.05) is 49.0 Å². The lowest BCUT2D eigenvalue weighted by atomic mass is 10.2. The molecule has 4 nitrogen and oxygen atoms in total. The Morgan fingerprint density at radius 3 is 2.95 bits per heavy atom. The smallest absolute Gasteiger partial charge is 0.267 e. The lowest BCUT2D eigenvalue weighted by molar-refractivity contribution is 0.102. The van der Waals surface area contributed by atoms with Crippen molar-refractivity contribution in [2.45, 2.75) is 26.7 Å². The number of aryl methyl sites for hydroxylation is 3. The fourth-order valence-electron chi connectivity index (χ4n) is 2.64. The summed E-state index contributed by atoms with van der Waals surface area (Å²) in [7, 11) is 2.00. The number of carbonyl (C=O) groups excluding carboxylic acids is 1. The van der Waals surface area contributed by atoms with Crippen LogP contribution in [0.25, 0.3) is 10.9 Å². The third-order valence-electron chi connectivity index (χ3n) is 3.67. The molecule has 22 heavy (non-hydrogen) atoms. The molecule has 0 radical (unpaired) electrons. The molecule has 1 amide bonds. The number of anilines is 1. The van der Waals surface area contributed by atoms with Gasteiger partial charge in [-0.15, -0.1) is 11.3 Å². The highest BCUT2D eigenvalue weighted by Crippen LogP contribution is 2.26. The van der Waals surface area contributed by atoms with Crippen LogP contribution in [0.5, 0.6) is 0 Å². The van der Waals surface area contributed by atoms with Crippen LogP contribution < -0.4 is 5.32 Å². The van der Waals surface area contributed by atoms with Gasteiger partial charge in [-0.3, -0.25) is 4.79 Å². The largest absolute Gasteiger partial charge is 0.350 e. The van der Waals surface area contributed by atoms with Gasteiger partial charge in [0.25, 0.3) is 5.91 Å². The molecular weight excluding hydrogens is 294 g/mol. The molecule has 0 bridgehead atoms. The van der Waals surface area contributed by atoms with E-state index in [0.717, 1.165) is 45.0 Å².